The van der Waals surface area contributed by atoms with Gasteiger partial charge in [0.05, 0.1) is 5.56 Å². The predicted octanol–water partition coefficient (Wildman–Crippen LogP) is 2.73. The molecule has 0 aliphatic heterocycles. The van der Waals surface area contributed by atoms with Gasteiger partial charge in [0.2, 0.25) is 0 Å². The molecule has 0 aromatic heterocycles. The van der Waals surface area contributed by atoms with Crippen molar-refractivity contribution >= 4 is 5.97 Å². The Morgan fingerprint density at radius 2 is 2.27 bits per heavy atom. The lowest BCUT2D eigenvalue weighted by Crippen LogP contribution is -2.00. The van der Waals surface area contributed by atoms with Crippen molar-refractivity contribution in [2.75, 3.05) is 6.61 Å². The molecule has 0 fully saturated rings. The summed E-state index contributed by atoms with van der Waals surface area (Å²) < 4.78 is 5.42. The van der Waals surface area contributed by atoms with E-state index in [-0.39, 0.29) is 5.56 Å². The first-order valence-corrected chi connectivity index (χ1v) is 4.71. The molecule has 1 aromatic carbocycles. The fraction of sp³-hybridized carbons (Fsp3) is 0.250. The molecule has 0 radical (unpaired) electrons. The van der Waals surface area contributed by atoms with Crippen LogP contribution >= 0.6 is 0 Å². The topological polar surface area (TPSA) is 46.5 Å². The van der Waals surface area contributed by atoms with Crippen LogP contribution in [0.2, 0.25) is 0 Å². The third kappa shape index (κ3) is 3.46. The number of hydrogen-bond acceptors (Lipinski definition) is 2. The van der Waals surface area contributed by atoms with Gasteiger partial charge in [-0.1, -0.05) is 12.1 Å². The molecule has 80 valence electrons. The minimum absolute atomic E-state index is 0.241. The molecule has 0 bridgehead atoms. The summed E-state index contributed by atoms with van der Waals surface area (Å²) in [7, 11) is 0. The molecule has 3 nitrogen and oxygen atoms in total. The van der Waals surface area contributed by atoms with Gasteiger partial charge in [0.1, 0.15) is 12.4 Å². The maximum Gasteiger partial charge on any atom is 0.335 e. The second-order valence-electron chi connectivity index (χ2n) is 3.26. The van der Waals surface area contributed by atoms with Gasteiger partial charge in [-0.2, -0.15) is 0 Å². The summed E-state index contributed by atoms with van der Waals surface area (Å²) in [6.07, 6.45) is 1.96. The van der Waals surface area contributed by atoms with Crippen LogP contribution in [0.5, 0.6) is 5.75 Å². The molecule has 1 N–H and O–H groups in total. The normalized spacial score (nSPS) is 11.2. The van der Waals surface area contributed by atoms with Crippen molar-refractivity contribution < 1.29 is 14.6 Å². The zero-order valence-electron chi connectivity index (χ0n) is 8.86. The van der Waals surface area contributed by atoms with Gasteiger partial charge < -0.3 is 9.84 Å². The number of carboxylic acids is 1. The average molecular weight is 206 g/mol. The molecule has 1 rings (SSSR count). The molecule has 0 saturated carbocycles. The summed E-state index contributed by atoms with van der Waals surface area (Å²) in [6.45, 7) is 4.38. The summed E-state index contributed by atoms with van der Waals surface area (Å²) in [5.74, 6) is -0.362. The maximum atomic E-state index is 10.7. The van der Waals surface area contributed by atoms with E-state index in [2.05, 4.69) is 0 Å². The van der Waals surface area contributed by atoms with Crippen LogP contribution in [0.15, 0.2) is 35.9 Å². The van der Waals surface area contributed by atoms with Gasteiger partial charge in [-0.15, -0.1) is 0 Å². The molecule has 0 atom stereocenters. The van der Waals surface area contributed by atoms with Gasteiger partial charge in [0.15, 0.2) is 0 Å². The van der Waals surface area contributed by atoms with Crippen molar-refractivity contribution in [3.63, 3.8) is 0 Å². The van der Waals surface area contributed by atoms with Gasteiger partial charge in [0, 0.05) is 0 Å². The number of allylic oxidation sites excluding steroid dienone is 1. The quantitative estimate of drug-likeness (QED) is 0.770. The summed E-state index contributed by atoms with van der Waals surface area (Å²) in [6, 6.07) is 6.47. The standard InChI is InChI=1S/C12H14O3/c1-3-9(2)8-15-11-6-4-5-10(7-11)12(13)14/h3-7H,8H2,1-2H3,(H,13,14)/b9-3+. The lowest BCUT2D eigenvalue weighted by molar-refractivity contribution is 0.0696. The van der Waals surface area contributed by atoms with Gasteiger partial charge in [0.25, 0.3) is 0 Å². The van der Waals surface area contributed by atoms with Crippen LogP contribution in [0.1, 0.15) is 24.2 Å². The number of aromatic carboxylic acids is 1. The van der Waals surface area contributed by atoms with Gasteiger partial charge in [-0.05, 0) is 37.6 Å². The summed E-state index contributed by atoms with van der Waals surface area (Å²) in [4.78, 5) is 10.7. The Kier molecular flexibility index (Phi) is 3.92. The van der Waals surface area contributed by atoms with Crippen molar-refractivity contribution in [1.29, 1.82) is 0 Å². The molecule has 0 aliphatic carbocycles. The second kappa shape index (κ2) is 5.20. The fourth-order valence-corrected chi connectivity index (χ4v) is 0.999. The van der Waals surface area contributed by atoms with Crippen LogP contribution in [0, 0.1) is 0 Å². The number of carboxylic acid groups (broad SMARTS) is 1. The maximum absolute atomic E-state index is 10.7. The third-order valence-electron chi connectivity index (χ3n) is 2.04. The highest BCUT2D eigenvalue weighted by atomic mass is 16.5. The van der Waals surface area contributed by atoms with E-state index in [1.54, 1.807) is 12.1 Å². The molecule has 0 spiro atoms. The van der Waals surface area contributed by atoms with Gasteiger partial charge >= 0.3 is 5.97 Å². The van der Waals surface area contributed by atoms with E-state index >= 15 is 0 Å². The smallest absolute Gasteiger partial charge is 0.335 e. The minimum Gasteiger partial charge on any atom is -0.489 e. The predicted molar refractivity (Wildman–Crippen MR) is 58.3 cm³/mol. The highest BCUT2D eigenvalue weighted by Gasteiger charge is 2.03. The average Bonchev–Trinajstić information content (AvgIpc) is 2.26. The lowest BCUT2D eigenvalue weighted by atomic mass is 10.2. The van der Waals surface area contributed by atoms with Crippen LogP contribution in [0.25, 0.3) is 0 Å². The lowest BCUT2D eigenvalue weighted by Gasteiger charge is -2.06. The molecule has 3 heteroatoms. The Morgan fingerprint density at radius 3 is 2.87 bits per heavy atom. The SMILES string of the molecule is C/C=C(\C)COc1cccc(C(=O)O)c1. The van der Waals surface area contributed by atoms with E-state index in [4.69, 9.17) is 9.84 Å². The number of benzene rings is 1. The number of rotatable bonds is 4. The Labute approximate surface area is 89.0 Å². The molecule has 0 heterocycles. The molecule has 15 heavy (non-hydrogen) atoms. The highest BCUT2D eigenvalue weighted by molar-refractivity contribution is 5.87. The first-order valence-electron chi connectivity index (χ1n) is 4.71. The zero-order chi connectivity index (χ0) is 11.3. The van der Waals surface area contributed by atoms with Gasteiger partial charge in [-0.25, -0.2) is 4.79 Å². The van der Waals surface area contributed by atoms with E-state index in [1.165, 1.54) is 12.1 Å². The van der Waals surface area contributed by atoms with Crippen LogP contribution < -0.4 is 4.74 Å². The largest absolute Gasteiger partial charge is 0.489 e. The number of carbonyl (C=O) groups is 1. The van der Waals surface area contributed by atoms with E-state index in [0.29, 0.717) is 12.4 Å². The Hall–Kier alpha value is -1.77. The van der Waals surface area contributed by atoms with Crippen LogP contribution in [-0.4, -0.2) is 17.7 Å². The Bertz CT molecular complexity index is 380. The fourth-order valence-electron chi connectivity index (χ4n) is 0.999. The van der Waals surface area contributed by atoms with E-state index in [0.717, 1.165) is 5.57 Å². The van der Waals surface area contributed by atoms with Crippen molar-refractivity contribution in [3.8, 4) is 5.75 Å². The van der Waals surface area contributed by atoms with Crippen LogP contribution in [-0.2, 0) is 0 Å². The molecule has 0 saturated heterocycles. The number of ether oxygens (including phenoxy) is 1. The first-order chi connectivity index (χ1) is 7.13. The van der Waals surface area contributed by atoms with E-state index in [9.17, 15) is 4.79 Å². The summed E-state index contributed by atoms with van der Waals surface area (Å²) in [5.41, 5.74) is 1.35. The summed E-state index contributed by atoms with van der Waals surface area (Å²) in [5, 5.41) is 8.77. The van der Waals surface area contributed by atoms with Crippen molar-refractivity contribution in [3.05, 3.63) is 41.5 Å². The van der Waals surface area contributed by atoms with E-state index in [1.807, 2.05) is 19.9 Å². The minimum atomic E-state index is -0.941. The second-order valence-corrected chi connectivity index (χ2v) is 3.26. The van der Waals surface area contributed by atoms with Crippen molar-refractivity contribution in [1.82, 2.24) is 0 Å². The molecular formula is C12H14O3. The summed E-state index contributed by atoms with van der Waals surface area (Å²) >= 11 is 0. The first kappa shape index (κ1) is 11.3. The molecule has 0 unspecified atom stereocenters. The molecular weight excluding hydrogens is 192 g/mol. The van der Waals surface area contributed by atoms with Crippen molar-refractivity contribution in [2.45, 2.75) is 13.8 Å². The Balaban J connectivity index is 2.70. The zero-order valence-corrected chi connectivity index (χ0v) is 8.86. The molecule has 0 aliphatic rings. The van der Waals surface area contributed by atoms with Crippen molar-refractivity contribution in [2.24, 2.45) is 0 Å². The molecule has 1 aromatic rings. The third-order valence-corrected chi connectivity index (χ3v) is 2.04. The highest BCUT2D eigenvalue weighted by Crippen LogP contribution is 2.14. The molecule has 0 amide bonds. The van der Waals surface area contributed by atoms with Crippen LogP contribution in [0.4, 0.5) is 0 Å². The van der Waals surface area contributed by atoms with Crippen LogP contribution in [0.3, 0.4) is 0 Å². The number of hydrogen-bond donors (Lipinski definition) is 1. The monoisotopic (exact) mass is 206 g/mol. The van der Waals surface area contributed by atoms with E-state index < -0.39 is 5.97 Å². The Morgan fingerprint density at radius 1 is 1.53 bits per heavy atom. The van der Waals surface area contributed by atoms with Gasteiger partial charge in [-0.3, -0.25) is 0 Å².